The van der Waals surface area contributed by atoms with Crippen molar-refractivity contribution in [2.45, 2.75) is 12.8 Å². The van der Waals surface area contributed by atoms with Crippen molar-refractivity contribution >= 4 is 5.97 Å². The zero-order chi connectivity index (χ0) is 11.4. The van der Waals surface area contributed by atoms with Crippen molar-refractivity contribution in [3.8, 4) is 5.69 Å². The number of carboxylic acid groups (broad SMARTS) is 1. The number of rotatable bonds is 4. The van der Waals surface area contributed by atoms with Gasteiger partial charge in [0.1, 0.15) is 6.33 Å². The van der Waals surface area contributed by atoms with Crippen molar-refractivity contribution < 1.29 is 9.90 Å². The van der Waals surface area contributed by atoms with E-state index in [0.717, 1.165) is 11.3 Å². The van der Waals surface area contributed by atoms with Gasteiger partial charge in [-0.2, -0.15) is 0 Å². The standard InChI is InChI=1S/C10H10N4O2/c15-10(16)5-4-8-2-1-3-9(6-8)14-7-11-12-13-14/h1-3,6-7H,4-5H2,(H,15,16). The molecule has 1 aromatic carbocycles. The summed E-state index contributed by atoms with van der Waals surface area (Å²) in [6, 6.07) is 7.48. The van der Waals surface area contributed by atoms with Crippen LogP contribution in [-0.4, -0.2) is 31.3 Å². The van der Waals surface area contributed by atoms with E-state index in [2.05, 4.69) is 15.5 Å². The molecule has 2 rings (SSSR count). The minimum atomic E-state index is -0.798. The van der Waals surface area contributed by atoms with Gasteiger partial charge >= 0.3 is 5.97 Å². The lowest BCUT2D eigenvalue weighted by Gasteiger charge is -2.02. The summed E-state index contributed by atoms with van der Waals surface area (Å²) < 4.78 is 1.53. The van der Waals surface area contributed by atoms with Crippen LogP contribution >= 0.6 is 0 Å². The Balaban J connectivity index is 2.17. The number of carboxylic acids is 1. The van der Waals surface area contributed by atoms with Crippen LogP contribution in [-0.2, 0) is 11.2 Å². The first-order valence-electron chi connectivity index (χ1n) is 4.80. The highest BCUT2D eigenvalue weighted by molar-refractivity contribution is 5.67. The Kier molecular flexibility index (Phi) is 2.90. The SMILES string of the molecule is O=C(O)CCc1cccc(-n2cnnn2)c1. The molecule has 0 saturated heterocycles. The number of aliphatic carboxylic acids is 1. The molecule has 0 atom stereocenters. The zero-order valence-corrected chi connectivity index (χ0v) is 8.45. The molecule has 1 N–H and O–H groups in total. The van der Waals surface area contributed by atoms with Crippen molar-refractivity contribution in [3.05, 3.63) is 36.2 Å². The van der Waals surface area contributed by atoms with Gasteiger partial charge in [0, 0.05) is 6.42 Å². The van der Waals surface area contributed by atoms with Crippen LogP contribution in [0.4, 0.5) is 0 Å². The fraction of sp³-hybridized carbons (Fsp3) is 0.200. The smallest absolute Gasteiger partial charge is 0.303 e. The molecule has 0 aliphatic carbocycles. The Bertz CT molecular complexity index is 481. The number of hydrogen-bond acceptors (Lipinski definition) is 4. The van der Waals surface area contributed by atoms with Gasteiger partial charge < -0.3 is 5.11 Å². The van der Waals surface area contributed by atoms with Gasteiger partial charge in [-0.1, -0.05) is 12.1 Å². The van der Waals surface area contributed by atoms with Crippen LogP contribution in [0.2, 0.25) is 0 Å². The van der Waals surface area contributed by atoms with Crippen molar-refractivity contribution in [3.63, 3.8) is 0 Å². The molecule has 0 bridgehead atoms. The van der Waals surface area contributed by atoms with Crippen LogP contribution in [0.25, 0.3) is 5.69 Å². The monoisotopic (exact) mass is 218 g/mol. The van der Waals surface area contributed by atoms with E-state index >= 15 is 0 Å². The van der Waals surface area contributed by atoms with Crippen molar-refractivity contribution in [1.82, 2.24) is 20.2 Å². The molecule has 1 heterocycles. The fourth-order valence-electron chi connectivity index (χ4n) is 1.39. The predicted octanol–water partition coefficient (Wildman–Crippen LogP) is 0.679. The summed E-state index contributed by atoms with van der Waals surface area (Å²) >= 11 is 0. The maximum Gasteiger partial charge on any atom is 0.303 e. The average Bonchev–Trinajstić information content (AvgIpc) is 2.80. The average molecular weight is 218 g/mol. The number of nitrogens with zero attached hydrogens (tertiary/aromatic N) is 4. The molecular weight excluding hydrogens is 208 g/mol. The van der Waals surface area contributed by atoms with Gasteiger partial charge in [-0.25, -0.2) is 4.68 Å². The number of carbonyl (C=O) groups is 1. The number of benzene rings is 1. The molecule has 6 heteroatoms. The van der Waals surface area contributed by atoms with Crippen LogP contribution in [0.5, 0.6) is 0 Å². The lowest BCUT2D eigenvalue weighted by Crippen LogP contribution is -1.99. The summed E-state index contributed by atoms with van der Waals surface area (Å²) in [6.07, 6.45) is 2.13. The summed E-state index contributed by atoms with van der Waals surface area (Å²) in [7, 11) is 0. The Morgan fingerprint density at radius 3 is 3.00 bits per heavy atom. The maximum absolute atomic E-state index is 10.4. The second-order valence-electron chi connectivity index (χ2n) is 3.32. The molecule has 0 aliphatic heterocycles. The highest BCUT2D eigenvalue weighted by Gasteiger charge is 2.02. The summed E-state index contributed by atoms with van der Waals surface area (Å²) in [5.74, 6) is -0.798. The van der Waals surface area contributed by atoms with Gasteiger partial charge in [0.2, 0.25) is 0 Å². The Hall–Kier alpha value is -2.24. The number of aromatic nitrogens is 4. The first-order valence-corrected chi connectivity index (χ1v) is 4.80. The molecule has 82 valence electrons. The van der Waals surface area contributed by atoms with Crippen LogP contribution in [0.1, 0.15) is 12.0 Å². The van der Waals surface area contributed by atoms with Gasteiger partial charge in [0.15, 0.2) is 0 Å². The largest absolute Gasteiger partial charge is 0.481 e. The predicted molar refractivity (Wildman–Crippen MR) is 55.1 cm³/mol. The van der Waals surface area contributed by atoms with Crippen molar-refractivity contribution in [2.75, 3.05) is 0 Å². The van der Waals surface area contributed by atoms with E-state index in [9.17, 15) is 4.79 Å². The van der Waals surface area contributed by atoms with Gasteiger partial charge in [0.25, 0.3) is 0 Å². The summed E-state index contributed by atoms with van der Waals surface area (Å²) in [5, 5.41) is 19.4. The molecule has 0 unspecified atom stereocenters. The minimum absolute atomic E-state index is 0.124. The molecule has 16 heavy (non-hydrogen) atoms. The molecule has 0 spiro atoms. The second-order valence-corrected chi connectivity index (χ2v) is 3.32. The van der Waals surface area contributed by atoms with E-state index in [1.165, 1.54) is 11.0 Å². The molecule has 0 aliphatic rings. The molecule has 6 nitrogen and oxygen atoms in total. The lowest BCUT2D eigenvalue weighted by molar-refractivity contribution is -0.136. The van der Waals surface area contributed by atoms with Gasteiger partial charge in [-0.05, 0) is 34.5 Å². The van der Waals surface area contributed by atoms with E-state index in [1.54, 1.807) is 0 Å². The molecule has 0 saturated carbocycles. The zero-order valence-electron chi connectivity index (χ0n) is 8.45. The molecule has 1 aromatic heterocycles. The molecule has 2 aromatic rings. The molecule has 0 fully saturated rings. The van der Waals surface area contributed by atoms with E-state index in [-0.39, 0.29) is 6.42 Å². The summed E-state index contributed by atoms with van der Waals surface area (Å²) in [6.45, 7) is 0. The minimum Gasteiger partial charge on any atom is -0.481 e. The third-order valence-corrected chi connectivity index (χ3v) is 2.15. The number of aryl methyl sites for hydroxylation is 1. The number of tetrazole rings is 1. The first kappa shape index (κ1) is 10.3. The quantitative estimate of drug-likeness (QED) is 0.816. The van der Waals surface area contributed by atoms with E-state index < -0.39 is 5.97 Å². The first-order chi connectivity index (χ1) is 7.75. The normalized spacial score (nSPS) is 10.2. The fourth-order valence-corrected chi connectivity index (χ4v) is 1.39. The second kappa shape index (κ2) is 4.52. The van der Waals surface area contributed by atoms with Gasteiger partial charge in [-0.15, -0.1) is 5.10 Å². The van der Waals surface area contributed by atoms with Crippen LogP contribution in [0.15, 0.2) is 30.6 Å². The molecular formula is C10H10N4O2. The Morgan fingerprint density at radius 1 is 1.44 bits per heavy atom. The topological polar surface area (TPSA) is 80.9 Å². The maximum atomic E-state index is 10.4. The van der Waals surface area contributed by atoms with Crippen molar-refractivity contribution in [2.24, 2.45) is 0 Å². The van der Waals surface area contributed by atoms with Crippen LogP contribution in [0.3, 0.4) is 0 Å². The Labute approximate surface area is 91.5 Å². The van der Waals surface area contributed by atoms with Crippen molar-refractivity contribution in [1.29, 1.82) is 0 Å². The molecule has 0 radical (unpaired) electrons. The van der Waals surface area contributed by atoms with E-state index in [0.29, 0.717) is 6.42 Å². The van der Waals surface area contributed by atoms with E-state index in [1.807, 2.05) is 24.3 Å². The molecule has 0 amide bonds. The summed E-state index contributed by atoms with van der Waals surface area (Å²) in [4.78, 5) is 10.4. The van der Waals surface area contributed by atoms with Gasteiger partial charge in [-0.3, -0.25) is 4.79 Å². The third kappa shape index (κ3) is 2.41. The van der Waals surface area contributed by atoms with Gasteiger partial charge in [0.05, 0.1) is 5.69 Å². The Morgan fingerprint density at radius 2 is 2.31 bits per heavy atom. The number of hydrogen-bond donors (Lipinski definition) is 1. The highest BCUT2D eigenvalue weighted by atomic mass is 16.4. The van der Waals surface area contributed by atoms with Crippen LogP contribution < -0.4 is 0 Å². The third-order valence-electron chi connectivity index (χ3n) is 2.15. The lowest BCUT2D eigenvalue weighted by atomic mass is 10.1. The van der Waals surface area contributed by atoms with E-state index in [4.69, 9.17) is 5.11 Å². The highest BCUT2D eigenvalue weighted by Crippen LogP contribution is 2.10. The van der Waals surface area contributed by atoms with Crippen LogP contribution in [0, 0.1) is 0 Å². The summed E-state index contributed by atoms with van der Waals surface area (Å²) in [5.41, 5.74) is 1.78.